The van der Waals surface area contributed by atoms with Crippen LogP contribution in [0.4, 0.5) is 5.82 Å². The molecule has 0 bridgehead atoms. The van der Waals surface area contributed by atoms with Gasteiger partial charge in [-0.1, -0.05) is 26.0 Å². The minimum atomic E-state index is -0.0130. The summed E-state index contributed by atoms with van der Waals surface area (Å²) in [4.78, 5) is 24.0. The zero-order chi connectivity index (χ0) is 17.4. The molecule has 0 atom stereocenters. The lowest BCUT2D eigenvalue weighted by molar-refractivity contribution is -0.120. The first-order valence-electron chi connectivity index (χ1n) is 8.29. The van der Waals surface area contributed by atoms with E-state index in [0.717, 1.165) is 34.3 Å². The number of nitrogens with one attached hydrogen (secondary N) is 1. The zero-order valence-electron chi connectivity index (χ0n) is 14.3. The molecular weight excluding hydrogens is 332 g/mol. The van der Waals surface area contributed by atoms with Crippen molar-refractivity contribution in [3.05, 3.63) is 42.2 Å². The third-order valence-electron chi connectivity index (χ3n) is 4.38. The standard InChI is InChI=1S/C19H20N4OS/c1-19(2)10-23(11-19)9-18(24)22-17-6-15-5-13(16-8-20-12-25-16)3-4-14(15)7-21-17/h3-8,12H,9-11H2,1-2H3,(H,21,22,24). The second-order valence-electron chi connectivity index (χ2n) is 7.35. The van der Waals surface area contributed by atoms with E-state index in [1.54, 1.807) is 17.5 Å². The van der Waals surface area contributed by atoms with Crippen LogP contribution < -0.4 is 5.32 Å². The predicted octanol–water partition coefficient (Wildman–Crippen LogP) is 3.64. The summed E-state index contributed by atoms with van der Waals surface area (Å²) in [5.41, 5.74) is 3.28. The fourth-order valence-corrected chi connectivity index (χ4v) is 4.00. The van der Waals surface area contributed by atoms with Crippen LogP contribution in [-0.2, 0) is 4.79 Å². The van der Waals surface area contributed by atoms with E-state index in [9.17, 15) is 4.79 Å². The van der Waals surface area contributed by atoms with Gasteiger partial charge in [0.05, 0.1) is 16.9 Å². The number of carbonyl (C=O) groups excluding carboxylic acids is 1. The predicted molar refractivity (Wildman–Crippen MR) is 102 cm³/mol. The number of pyridine rings is 1. The van der Waals surface area contributed by atoms with Crippen molar-refractivity contribution in [2.45, 2.75) is 13.8 Å². The Bertz CT molecular complexity index is 912. The molecular formula is C19H20N4OS. The van der Waals surface area contributed by atoms with Crippen LogP contribution in [0.25, 0.3) is 21.2 Å². The van der Waals surface area contributed by atoms with Gasteiger partial charge in [-0.25, -0.2) is 4.98 Å². The van der Waals surface area contributed by atoms with Gasteiger partial charge in [-0.05, 0) is 28.5 Å². The molecule has 0 unspecified atom stereocenters. The molecule has 128 valence electrons. The molecule has 0 spiro atoms. The molecule has 0 radical (unpaired) electrons. The van der Waals surface area contributed by atoms with Gasteiger partial charge in [0.15, 0.2) is 0 Å². The Labute approximate surface area is 150 Å². The van der Waals surface area contributed by atoms with Gasteiger partial charge in [-0.2, -0.15) is 0 Å². The maximum atomic E-state index is 12.2. The number of hydrogen-bond donors (Lipinski definition) is 1. The van der Waals surface area contributed by atoms with E-state index in [-0.39, 0.29) is 5.91 Å². The Kier molecular flexibility index (Phi) is 4.01. The normalized spacial score (nSPS) is 16.6. The third kappa shape index (κ3) is 3.55. The largest absolute Gasteiger partial charge is 0.310 e. The van der Waals surface area contributed by atoms with Gasteiger partial charge < -0.3 is 5.32 Å². The number of benzene rings is 1. The molecule has 2 aromatic heterocycles. The number of rotatable bonds is 4. The summed E-state index contributed by atoms with van der Waals surface area (Å²) in [5, 5.41) is 5.02. The van der Waals surface area contributed by atoms with E-state index in [2.05, 4.69) is 46.2 Å². The maximum Gasteiger partial charge on any atom is 0.239 e. The highest BCUT2D eigenvalue weighted by atomic mass is 32.1. The van der Waals surface area contributed by atoms with E-state index >= 15 is 0 Å². The number of nitrogens with zero attached hydrogens (tertiary/aromatic N) is 3. The quantitative estimate of drug-likeness (QED) is 0.779. The van der Waals surface area contributed by atoms with Gasteiger partial charge in [0, 0.05) is 30.9 Å². The molecule has 0 aliphatic carbocycles. The minimum Gasteiger partial charge on any atom is -0.310 e. The first-order chi connectivity index (χ1) is 12.0. The van der Waals surface area contributed by atoms with Crippen LogP contribution in [0, 0.1) is 5.41 Å². The summed E-state index contributed by atoms with van der Waals surface area (Å²) < 4.78 is 0. The molecule has 1 amide bonds. The number of likely N-dealkylation sites (tertiary alicyclic amines) is 1. The Balaban J connectivity index is 1.49. The average molecular weight is 352 g/mol. The molecule has 1 aliphatic rings. The van der Waals surface area contributed by atoms with Gasteiger partial charge in [-0.15, -0.1) is 11.3 Å². The minimum absolute atomic E-state index is 0.0130. The first kappa shape index (κ1) is 16.2. The van der Waals surface area contributed by atoms with Crippen molar-refractivity contribution in [2.24, 2.45) is 5.41 Å². The Hall–Kier alpha value is -2.31. The molecule has 1 aromatic carbocycles. The van der Waals surface area contributed by atoms with Crippen molar-refractivity contribution >= 4 is 33.8 Å². The van der Waals surface area contributed by atoms with E-state index in [1.807, 2.05) is 23.8 Å². The highest BCUT2D eigenvalue weighted by Crippen LogP contribution is 2.29. The molecule has 25 heavy (non-hydrogen) atoms. The molecule has 1 fully saturated rings. The second-order valence-corrected chi connectivity index (χ2v) is 8.24. The highest BCUT2D eigenvalue weighted by molar-refractivity contribution is 7.13. The number of amides is 1. The smallest absolute Gasteiger partial charge is 0.239 e. The van der Waals surface area contributed by atoms with Crippen LogP contribution >= 0.6 is 11.3 Å². The van der Waals surface area contributed by atoms with Crippen LogP contribution in [0.15, 0.2) is 42.2 Å². The van der Waals surface area contributed by atoms with E-state index < -0.39 is 0 Å². The number of thiazole rings is 1. The fourth-order valence-electron chi connectivity index (χ4n) is 3.38. The monoisotopic (exact) mass is 352 g/mol. The number of carbonyl (C=O) groups is 1. The van der Waals surface area contributed by atoms with Gasteiger partial charge in [-0.3, -0.25) is 14.7 Å². The molecule has 6 heteroatoms. The molecule has 1 aliphatic heterocycles. The lowest BCUT2D eigenvalue weighted by Crippen LogP contribution is -2.54. The number of hydrogen-bond acceptors (Lipinski definition) is 5. The average Bonchev–Trinajstić information content (AvgIpc) is 3.06. The van der Waals surface area contributed by atoms with Crippen LogP contribution in [0.3, 0.4) is 0 Å². The van der Waals surface area contributed by atoms with Gasteiger partial charge in [0.1, 0.15) is 5.82 Å². The summed E-state index contributed by atoms with van der Waals surface area (Å²) in [7, 11) is 0. The zero-order valence-corrected chi connectivity index (χ0v) is 15.1. The molecule has 0 saturated carbocycles. The van der Waals surface area contributed by atoms with Crippen molar-refractivity contribution in [3.63, 3.8) is 0 Å². The molecule has 3 aromatic rings. The topological polar surface area (TPSA) is 58.1 Å². The van der Waals surface area contributed by atoms with Crippen LogP contribution in [0.2, 0.25) is 0 Å². The van der Waals surface area contributed by atoms with Crippen molar-refractivity contribution < 1.29 is 4.79 Å². The van der Waals surface area contributed by atoms with Crippen molar-refractivity contribution in [2.75, 3.05) is 25.0 Å². The van der Waals surface area contributed by atoms with E-state index in [1.165, 1.54) is 0 Å². The highest BCUT2D eigenvalue weighted by Gasteiger charge is 2.34. The summed E-state index contributed by atoms with van der Waals surface area (Å²) in [6.07, 6.45) is 3.67. The molecule has 4 rings (SSSR count). The lowest BCUT2D eigenvalue weighted by Gasteiger charge is -2.45. The second kappa shape index (κ2) is 6.20. The van der Waals surface area contributed by atoms with Crippen molar-refractivity contribution in [3.8, 4) is 10.4 Å². The Morgan fingerprint density at radius 1 is 1.24 bits per heavy atom. The number of fused-ring (bicyclic) bond motifs is 1. The Morgan fingerprint density at radius 3 is 2.80 bits per heavy atom. The molecule has 1 N–H and O–H groups in total. The van der Waals surface area contributed by atoms with Crippen LogP contribution in [0.1, 0.15) is 13.8 Å². The van der Waals surface area contributed by atoms with Gasteiger partial charge >= 0.3 is 0 Å². The summed E-state index contributed by atoms with van der Waals surface area (Å²) in [6.45, 7) is 6.78. The van der Waals surface area contributed by atoms with Crippen molar-refractivity contribution in [1.29, 1.82) is 0 Å². The van der Waals surface area contributed by atoms with Crippen LogP contribution in [0.5, 0.6) is 0 Å². The maximum absolute atomic E-state index is 12.2. The van der Waals surface area contributed by atoms with E-state index in [0.29, 0.717) is 17.8 Å². The van der Waals surface area contributed by atoms with Crippen molar-refractivity contribution in [1.82, 2.24) is 14.9 Å². The summed E-state index contributed by atoms with van der Waals surface area (Å²) >= 11 is 1.61. The van der Waals surface area contributed by atoms with Crippen LogP contribution in [-0.4, -0.2) is 40.4 Å². The SMILES string of the molecule is CC1(C)CN(CC(=O)Nc2cc3cc(-c4cncs4)ccc3cn2)C1. The number of aromatic nitrogens is 2. The third-order valence-corrected chi connectivity index (χ3v) is 5.20. The summed E-state index contributed by atoms with van der Waals surface area (Å²) in [5.74, 6) is 0.583. The van der Waals surface area contributed by atoms with Gasteiger partial charge in [0.25, 0.3) is 0 Å². The molecule has 3 heterocycles. The number of anilines is 1. The molecule has 5 nitrogen and oxygen atoms in total. The lowest BCUT2D eigenvalue weighted by atomic mass is 9.84. The Morgan fingerprint density at radius 2 is 2.08 bits per heavy atom. The van der Waals surface area contributed by atoms with E-state index in [4.69, 9.17) is 0 Å². The molecule has 1 saturated heterocycles. The first-order valence-corrected chi connectivity index (χ1v) is 9.17. The van der Waals surface area contributed by atoms with Gasteiger partial charge in [0.2, 0.25) is 5.91 Å². The summed E-state index contributed by atoms with van der Waals surface area (Å²) in [6, 6.07) is 8.16. The fraction of sp³-hybridized carbons (Fsp3) is 0.316.